The van der Waals surface area contributed by atoms with E-state index >= 15 is 0 Å². The minimum atomic E-state index is -0.0950. The second-order valence-corrected chi connectivity index (χ2v) is 4.35. The van der Waals surface area contributed by atoms with Gasteiger partial charge >= 0.3 is 0 Å². The highest BCUT2D eigenvalue weighted by Gasteiger charge is 2.39. The molecule has 1 fully saturated rings. The van der Waals surface area contributed by atoms with Crippen LogP contribution in [0.3, 0.4) is 0 Å². The first-order valence-corrected chi connectivity index (χ1v) is 5.70. The van der Waals surface area contributed by atoms with Crippen LogP contribution in [0.15, 0.2) is 30.3 Å². The highest BCUT2D eigenvalue weighted by Crippen LogP contribution is 2.35. The molecule has 1 aliphatic rings. The molecule has 1 heterocycles. The lowest BCUT2D eigenvalue weighted by Crippen LogP contribution is -2.24. The van der Waals surface area contributed by atoms with Crippen molar-refractivity contribution in [2.75, 3.05) is 6.61 Å². The molecule has 3 atom stereocenters. The van der Waals surface area contributed by atoms with Crippen molar-refractivity contribution in [3.8, 4) is 0 Å². The second kappa shape index (κ2) is 4.66. The van der Waals surface area contributed by atoms with Crippen LogP contribution in [0.5, 0.6) is 0 Å². The van der Waals surface area contributed by atoms with Gasteiger partial charge in [0, 0.05) is 24.5 Å². The summed E-state index contributed by atoms with van der Waals surface area (Å²) in [7, 11) is 0. The molecule has 0 bridgehead atoms. The molecule has 0 saturated carbocycles. The number of carbonyl (C=O) groups excluding carboxylic acids is 1. The summed E-state index contributed by atoms with van der Waals surface area (Å²) >= 11 is 0. The molecule has 1 saturated heterocycles. The van der Waals surface area contributed by atoms with Crippen molar-refractivity contribution < 1.29 is 9.90 Å². The molecule has 1 aliphatic heterocycles. The van der Waals surface area contributed by atoms with E-state index in [1.807, 2.05) is 37.3 Å². The van der Waals surface area contributed by atoms with Gasteiger partial charge in [-0.3, -0.25) is 4.79 Å². The lowest BCUT2D eigenvalue weighted by Gasteiger charge is -2.19. The van der Waals surface area contributed by atoms with Gasteiger partial charge in [-0.25, -0.2) is 0 Å². The largest absolute Gasteiger partial charge is 0.396 e. The molecule has 0 spiro atoms. The molecule has 2 N–H and O–H groups in total. The van der Waals surface area contributed by atoms with Gasteiger partial charge in [0.15, 0.2) is 0 Å². The van der Waals surface area contributed by atoms with E-state index < -0.39 is 0 Å². The zero-order valence-electron chi connectivity index (χ0n) is 9.39. The van der Waals surface area contributed by atoms with Crippen molar-refractivity contribution in [2.45, 2.75) is 25.3 Å². The third-order valence-corrected chi connectivity index (χ3v) is 3.30. The van der Waals surface area contributed by atoms with Crippen LogP contribution in [-0.4, -0.2) is 23.7 Å². The van der Waals surface area contributed by atoms with Crippen LogP contribution in [0.25, 0.3) is 0 Å². The van der Waals surface area contributed by atoms with E-state index in [0.717, 1.165) is 0 Å². The van der Waals surface area contributed by atoms with Gasteiger partial charge in [0.1, 0.15) is 0 Å². The Hall–Kier alpha value is -1.35. The predicted molar refractivity (Wildman–Crippen MR) is 62.0 cm³/mol. The fourth-order valence-electron chi connectivity index (χ4n) is 2.58. The molecule has 1 aromatic carbocycles. The Balaban J connectivity index is 2.27. The van der Waals surface area contributed by atoms with Gasteiger partial charge in [0.05, 0.1) is 0 Å². The van der Waals surface area contributed by atoms with Crippen molar-refractivity contribution in [3.05, 3.63) is 35.9 Å². The molecular weight excluding hydrogens is 202 g/mol. The number of aliphatic hydroxyl groups excluding tert-OH is 1. The molecule has 0 aromatic heterocycles. The molecule has 3 heteroatoms. The Kier molecular flexibility index (Phi) is 3.25. The number of carbonyl (C=O) groups is 1. The highest BCUT2D eigenvalue weighted by atomic mass is 16.3. The van der Waals surface area contributed by atoms with E-state index in [-0.39, 0.29) is 30.4 Å². The molecule has 0 aliphatic carbocycles. The summed E-state index contributed by atoms with van der Waals surface area (Å²) in [6.45, 7) is 2.08. The van der Waals surface area contributed by atoms with Crippen LogP contribution in [-0.2, 0) is 4.79 Å². The number of benzene rings is 1. The van der Waals surface area contributed by atoms with Crippen LogP contribution in [0.4, 0.5) is 0 Å². The van der Waals surface area contributed by atoms with Crippen LogP contribution >= 0.6 is 0 Å². The first-order chi connectivity index (χ1) is 7.74. The molecular formula is C13H17NO2. The van der Waals surface area contributed by atoms with E-state index in [4.69, 9.17) is 5.11 Å². The first kappa shape index (κ1) is 11.1. The van der Waals surface area contributed by atoms with E-state index in [1.165, 1.54) is 5.56 Å². The zero-order chi connectivity index (χ0) is 11.5. The summed E-state index contributed by atoms with van der Waals surface area (Å²) < 4.78 is 0. The number of hydrogen-bond acceptors (Lipinski definition) is 2. The summed E-state index contributed by atoms with van der Waals surface area (Å²) in [5, 5.41) is 12.0. The Morgan fingerprint density at radius 1 is 1.31 bits per heavy atom. The third-order valence-electron chi connectivity index (χ3n) is 3.30. The van der Waals surface area contributed by atoms with Crippen LogP contribution in [0, 0.1) is 5.92 Å². The molecule has 0 unspecified atom stereocenters. The Morgan fingerprint density at radius 3 is 2.62 bits per heavy atom. The number of aliphatic hydroxyl groups is 1. The van der Waals surface area contributed by atoms with Crippen LogP contribution in [0.2, 0.25) is 0 Å². The lowest BCUT2D eigenvalue weighted by molar-refractivity contribution is -0.123. The highest BCUT2D eigenvalue weighted by molar-refractivity contribution is 5.83. The topological polar surface area (TPSA) is 49.3 Å². The molecule has 86 valence electrons. The van der Waals surface area contributed by atoms with Crippen molar-refractivity contribution in [1.29, 1.82) is 0 Å². The number of nitrogens with one attached hydrogen (secondary N) is 1. The maximum Gasteiger partial charge on any atom is 0.224 e. The van der Waals surface area contributed by atoms with E-state index in [1.54, 1.807) is 0 Å². The summed E-state index contributed by atoms with van der Waals surface area (Å²) in [6.07, 6.45) is 0.537. The Bertz CT molecular complexity index is 363. The van der Waals surface area contributed by atoms with Crippen molar-refractivity contribution in [1.82, 2.24) is 5.32 Å². The van der Waals surface area contributed by atoms with Gasteiger partial charge in [0.25, 0.3) is 0 Å². The van der Waals surface area contributed by atoms with Gasteiger partial charge < -0.3 is 10.4 Å². The third kappa shape index (κ3) is 1.95. The summed E-state index contributed by atoms with van der Waals surface area (Å²) in [6, 6.07) is 10.2. The molecule has 0 radical (unpaired) electrons. The van der Waals surface area contributed by atoms with Crippen molar-refractivity contribution >= 4 is 5.91 Å². The molecule has 2 rings (SSSR count). The fraction of sp³-hybridized carbons (Fsp3) is 0.462. The predicted octanol–water partition coefficient (Wildman–Crippen LogP) is 1.29. The van der Waals surface area contributed by atoms with Gasteiger partial charge in [-0.2, -0.15) is 0 Å². The second-order valence-electron chi connectivity index (χ2n) is 4.35. The number of amides is 1. The maximum absolute atomic E-state index is 11.7. The molecule has 1 aromatic rings. The monoisotopic (exact) mass is 219 g/mol. The zero-order valence-corrected chi connectivity index (χ0v) is 9.39. The molecule has 1 amide bonds. The SMILES string of the molecule is C[C@@H]1NC(=O)[C@H](CCO)[C@@H]1c1ccccc1. The van der Waals surface area contributed by atoms with Gasteiger partial charge in [-0.05, 0) is 18.9 Å². The van der Waals surface area contributed by atoms with Crippen molar-refractivity contribution in [3.63, 3.8) is 0 Å². The minimum Gasteiger partial charge on any atom is -0.396 e. The quantitative estimate of drug-likeness (QED) is 0.804. The van der Waals surface area contributed by atoms with Gasteiger partial charge in [-0.1, -0.05) is 30.3 Å². The average Bonchev–Trinajstić information content (AvgIpc) is 2.56. The van der Waals surface area contributed by atoms with Crippen LogP contribution < -0.4 is 5.32 Å². The van der Waals surface area contributed by atoms with Crippen LogP contribution in [0.1, 0.15) is 24.8 Å². The fourth-order valence-corrected chi connectivity index (χ4v) is 2.58. The van der Waals surface area contributed by atoms with E-state index in [0.29, 0.717) is 6.42 Å². The standard InChI is InChI=1S/C13H17NO2/c1-9-12(10-5-3-2-4-6-10)11(7-8-15)13(16)14-9/h2-6,9,11-12,15H,7-8H2,1H3,(H,14,16)/t9-,11+,12-/m0/s1. The van der Waals surface area contributed by atoms with E-state index in [9.17, 15) is 4.79 Å². The smallest absolute Gasteiger partial charge is 0.224 e. The Labute approximate surface area is 95.5 Å². The normalized spacial score (nSPS) is 29.1. The average molecular weight is 219 g/mol. The first-order valence-electron chi connectivity index (χ1n) is 5.70. The summed E-state index contributed by atoms with van der Waals surface area (Å²) in [5.74, 6) is 0.152. The van der Waals surface area contributed by atoms with Gasteiger partial charge in [-0.15, -0.1) is 0 Å². The molecule has 3 nitrogen and oxygen atoms in total. The van der Waals surface area contributed by atoms with Gasteiger partial charge in [0.2, 0.25) is 5.91 Å². The Morgan fingerprint density at radius 2 is 2.00 bits per heavy atom. The minimum absolute atomic E-state index is 0.0636. The maximum atomic E-state index is 11.7. The van der Waals surface area contributed by atoms with Crippen molar-refractivity contribution in [2.24, 2.45) is 5.92 Å². The van der Waals surface area contributed by atoms with E-state index in [2.05, 4.69) is 5.32 Å². The summed E-state index contributed by atoms with van der Waals surface area (Å²) in [5.41, 5.74) is 1.17. The number of rotatable bonds is 3. The number of hydrogen-bond donors (Lipinski definition) is 2. The lowest BCUT2D eigenvalue weighted by atomic mass is 9.83. The summed E-state index contributed by atoms with van der Waals surface area (Å²) in [4.78, 5) is 11.7. The molecule has 16 heavy (non-hydrogen) atoms.